The molecule has 0 saturated carbocycles. The maximum Gasteiger partial charge on any atom is 0.416 e. The van der Waals surface area contributed by atoms with Crippen LogP contribution >= 0.6 is 0 Å². The summed E-state index contributed by atoms with van der Waals surface area (Å²) in [6, 6.07) is 18.6. The minimum absolute atomic E-state index is 0.104. The molecule has 3 aromatic carbocycles. The summed E-state index contributed by atoms with van der Waals surface area (Å²) >= 11 is 0. The number of phenols is 1. The molecular formula is C29H30F3NO4. The predicted octanol–water partition coefficient (Wildman–Crippen LogP) is 5.95. The fraction of sp³-hybridized carbons (Fsp3) is 0.345. The van der Waals surface area contributed by atoms with E-state index < -0.39 is 24.1 Å². The van der Waals surface area contributed by atoms with Crippen LogP contribution in [0.25, 0.3) is 11.1 Å². The zero-order chi connectivity index (χ0) is 26.7. The molecule has 1 saturated heterocycles. The third-order valence-corrected chi connectivity index (χ3v) is 6.53. The quantitative estimate of drug-likeness (QED) is 0.410. The molecule has 1 fully saturated rings. The van der Waals surface area contributed by atoms with Gasteiger partial charge in [-0.15, -0.1) is 0 Å². The van der Waals surface area contributed by atoms with Crippen molar-refractivity contribution < 1.29 is 32.9 Å². The van der Waals surface area contributed by atoms with E-state index in [0.29, 0.717) is 29.5 Å². The Labute approximate surface area is 214 Å². The van der Waals surface area contributed by atoms with Gasteiger partial charge >= 0.3 is 6.18 Å². The second kappa shape index (κ2) is 10.9. The number of amides is 1. The molecular weight excluding hydrogens is 483 g/mol. The van der Waals surface area contributed by atoms with Gasteiger partial charge < -0.3 is 14.9 Å². The summed E-state index contributed by atoms with van der Waals surface area (Å²) in [6.07, 6.45) is -4.89. The van der Waals surface area contributed by atoms with E-state index in [1.807, 2.05) is 44.2 Å². The molecule has 0 bridgehead atoms. The van der Waals surface area contributed by atoms with E-state index >= 15 is 0 Å². The highest BCUT2D eigenvalue weighted by molar-refractivity contribution is 5.85. The molecule has 0 spiro atoms. The van der Waals surface area contributed by atoms with Gasteiger partial charge in [0.1, 0.15) is 5.75 Å². The number of carbonyl (C=O) groups excluding carboxylic acids is 1. The van der Waals surface area contributed by atoms with E-state index in [9.17, 15) is 28.2 Å². The molecule has 8 heteroatoms. The van der Waals surface area contributed by atoms with Crippen molar-refractivity contribution in [2.45, 2.75) is 51.2 Å². The van der Waals surface area contributed by atoms with Gasteiger partial charge in [-0.1, -0.05) is 62.4 Å². The molecule has 1 aliphatic rings. The monoisotopic (exact) mass is 513 g/mol. The summed E-state index contributed by atoms with van der Waals surface area (Å²) in [5.41, 5.74) is 1.73. The summed E-state index contributed by atoms with van der Waals surface area (Å²) in [5.74, 6) is -1.02. The molecule has 0 aliphatic carbocycles. The highest BCUT2D eigenvalue weighted by atomic mass is 19.4. The van der Waals surface area contributed by atoms with Crippen LogP contribution in [0.5, 0.6) is 5.75 Å². The van der Waals surface area contributed by atoms with Gasteiger partial charge in [-0.3, -0.25) is 9.69 Å². The molecule has 1 heterocycles. The summed E-state index contributed by atoms with van der Waals surface area (Å²) in [5, 5.41) is 21.0. The van der Waals surface area contributed by atoms with Gasteiger partial charge in [-0.25, -0.2) is 0 Å². The maximum absolute atomic E-state index is 13.9. The number of rotatable bonds is 7. The van der Waals surface area contributed by atoms with Crippen LogP contribution in [-0.2, 0) is 22.1 Å². The van der Waals surface area contributed by atoms with Crippen LogP contribution < -0.4 is 0 Å². The molecule has 1 aliphatic heterocycles. The summed E-state index contributed by atoms with van der Waals surface area (Å²) in [4.78, 5) is 15.2. The molecule has 4 rings (SSSR count). The Morgan fingerprint density at radius 3 is 2.32 bits per heavy atom. The van der Waals surface area contributed by atoms with Crippen molar-refractivity contribution in [1.82, 2.24) is 4.90 Å². The number of hydrogen-bond donors (Lipinski definition) is 2. The van der Waals surface area contributed by atoms with Gasteiger partial charge in [-0.2, -0.15) is 13.2 Å². The largest absolute Gasteiger partial charge is 0.508 e. The van der Waals surface area contributed by atoms with Crippen LogP contribution in [0, 0.1) is 5.92 Å². The standard InChI is InChI=1S/C29H30F3NO4/c1-18(2)12-26(27(35)33-24(17-37-28(33)36)13-19-6-4-3-5-7-19)22-14-21(15-25(34)16-22)20-8-10-23(11-9-20)29(30,31)32/h3-11,14-16,18,24,26,28,34,36H,12-13,17H2,1-2H3/t24-,26-,28?/m1/s1. The van der Waals surface area contributed by atoms with E-state index in [1.54, 1.807) is 6.07 Å². The first-order chi connectivity index (χ1) is 17.5. The molecule has 1 unspecified atom stereocenters. The summed E-state index contributed by atoms with van der Waals surface area (Å²) < 4.78 is 44.4. The summed E-state index contributed by atoms with van der Waals surface area (Å²) in [7, 11) is 0. The lowest BCUT2D eigenvalue weighted by atomic mass is 9.86. The summed E-state index contributed by atoms with van der Waals surface area (Å²) in [6.45, 7) is 4.13. The Morgan fingerprint density at radius 1 is 1.03 bits per heavy atom. The van der Waals surface area contributed by atoms with Crippen molar-refractivity contribution in [1.29, 1.82) is 0 Å². The maximum atomic E-state index is 13.9. The van der Waals surface area contributed by atoms with Gasteiger partial charge in [0.15, 0.2) is 0 Å². The average molecular weight is 514 g/mol. The zero-order valence-corrected chi connectivity index (χ0v) is 20.7. The normalized spacial score (nSPS) is 18.8. The SMILES string of the molecule is CC(C)C[C@@H](C(=O)N1C(O)OC[C@H]1Cc1ccccc1)c1cc(O)cc(-c2ccc(C(F)(F)F)cc2)c1. The van der Waals surface area contributed by atoms with Gasteiger partial charge in [0, 0.05) is 0 Å². The topological polar surface area (TPSA) is 70.0 Å². The highest BCUT2D eigenvalue weighted by Gasteiger charge is 2.40. The lowest BCUT2D eigenvalue weighted by Gasteiger charge is -2.30. The molecule has 2 N–H and O–H groups in total. The molecule has 1 amide bonds. The highest BCUT2D eigenvalue weighted by Crippen LogP contribution is 2.36. The second-order valence-electron chi connectivity index (χ2n) is 9.82. The number of aliphatic hydroxyl groups is 1. The van der Waals surface area contributed by atoms with Crippen molar-refractivity contribution in [3.05, 3.63) is 89.5 Å². The molecule has 5 nitrogen and oxygen atoms in total. The number of alkyl halides is 3. The minimum atomic E-state index is -4.45. The van der Waals surface area contributed by atoms with Crippen LogP contribution in [0.15, 0.2) is 72.8 Å². The van der Waals surface area contributed by atoms with Crippen molar-refractivity contribution >= 4 is 5.91 Å². The van der Waals surface area contributed by atoms with Crippen LogP contribution in [-0.4, -0.2) is 40.1 Å². The first kappa shape index (κ1) is 26.7. The molecule has 3 atom stereocenters. The number of aliphatic hydroxyl groups excluding tert-OH is 1. The lowest BCUT2D eigenvalue weighted by molar-refractivity contribution is -0.166. The fourth-order valence-corrected chi connectivity index (χ4v) is 4.76. The minimum Gasteiger partial charge on any atom is -0.508 e. The van der Waals surface area contributed by atoms with Crippen LogP contribution in [0.2, 0.25) is 0 Å². The number of phenolic OH excluding ortho intramolecular Hbond substituents is 1. The first-order valence-electron chi connectivity index (χ1n) is 12.2. The number of aromatic hydroxyl groups is 1. The first-order valence-corrected chi connectivity index (χ1v) is 12.2. The smallest absolute Gasteiger partial charge is 0.416 e. The molecule has 196 valence electrons. The Morgan fingerprint density at radius 2 is 1.70 bits per heavy atom. The number of hydrogen-bond acceptors (Lipinski definition) is 4. The third-order valence-electron chi connectivity index (χ3n) is 6.53. The Balaban J connectivity index is 1.66. The number of halogens is 3. The van der Waals surface area contributed by atoms with Crippen molar-refractivity contribution in [2.75, 3.05) is 6.61 Å². The van der Waals surface area contributed by atoms with Gasteiger partial charge in [0.05, 0.1) is 24.1 Å². The Bertz CT molecular complexity index is 1210. The van der Waals surface area contributed by atoms with Gasteiger partial charge in [0.2, 0.25) is 12.3 Å². The second-order valence-corrected chi connectivity index (χ2v) is 9.82. The molecule has 3 aromatic rings. The number of benzene rings is 3. The number of carbonyl (C=O) groups is 1. The van der Waals surface area contributed by atoms with Gasteiger partial charge in [-0.05, 0) is 65.3 Å². The average Bonchev–Trinajstić information content (AvgIpc) is 3.21. The Kier molecular flexibility index (Phi) is 7.90. The van der Waals surface area contributed by atoms with Crippen molar-refractivity contribution in [3.63, 3.8) is 0 Å². The van der Waals surface area contributed by atoms with E-state index in [2.05, 4.69) is 0 Å². The Hall–Kier alpha value is -3.36. The zero-order valence-electron chi connectivity index (χ0n) is 20.7. The molecule has 37 heavy (non-hydrogen) atoms. The van der Waals surface area contributed by atoms with Gasteiger partial charge in [0.25, 0.3) is 0 Å². The molecule has 0 radical (unpaired) electrons. The van der Waals surface area contributed by atoms with Crippen molar-refractivity contribution in [3.8, 4) is 16.9 Å². The van der Waals surface area contributed by atoms with E-state index in [4.69, 9.17) is 4.74 Å². The van der Waals surface area contributed by atoms with E-state index in [-0.39, 0.29) is 30.2 Å². The van der Waals surface area contributed by atoms with Crippen LogP contribution in [0.1, 0.15) is 42.9 Å². The van der Waals surface area contributed by atoms with E-state index in [0.717, 1.165) is 17.7 Å². The number of nitrogens with zero attached hydrogens (tertiary/aromatic N) is 1. The van der Waals surface area contributed by atoms with Crippen LogP contribution in [0.3, 0.4) is 0 Å². The van der Waals surface area contributed by atoms with Crippen molar-refractivity contribution in [2.24, 2.45) is 5.92 Å². The predicted molar refractivity (Wildman–Crippen MR) is 133 cm³/mol. The van der Waals surface area contributed by atoms with E-state index in [1.165, 1.54) is 29.2 Å². The lowest BCUT2D eigenvalue weighted by Crippen LogP contribution is -2.45. The third kappa shape index (κ3) is 6.32. The fourth-order valence-electron chi connectivity index (χ4n) is 4.76. The number of ether oxygens (including phenoxy) is 1. The van der Waals surface area contributed by atoms with Crippen LogP contribution in [0.4, 0.5) is 13.2 Å². The molecule has 0 aromatic heterocycles.